The Morgan fingerprint density at radius 1 is 1.05 bits per heavy atom. The molecule has 0 bridgehead atoms. The number of hydrogen-bond donors (Lipinski definition) is 0. The number of hydrogen-bond acceptors (Lipinski definition) is 4. The molecule has 7 heteroatoms. The maximum Gasteiger partial charge on any atom is 0.147 e. The van der Waals surface area contributed by atoms with Crippen molar-refractivity contribution in [2.75, 3.05) is 0 Å². The molecule has 0 spiro atoms. The lowest BCUT2D eigenvalue weighted by atomic mass is 10.3. The zero-order valence-corrected chi connectivity index (χ0v) is 12.4. The van der Waals surface area contributed by atoms with Crippen LogP contribution < -0.4 is 0 Å². The molecule has 0 amide bonds. The van der Waals surface area contributed by atoms with E-state index in [1.807, 2.05) is 30.5 Å². The number of benzene rings is 1. The van der Waals surface area contributed by atoms with E-state index in [2.05, 4.69) is 15.1 Å². The van der Waals surface area contributed by atoms with Gasteiger partial charge in [0, 0.05) is 17.3 Å². The van der Waals surface area contributed by atoms with Crippen LogP contribution in [0.1, 0.15) is 0 Å². The summed E-state index contributed by atoms with van der Waals surface area (Å²) in [6.45, 7) is 0. The maximum atomic E-state index is 6.43. The van der Waals surface area contributed by atoms with Gasteiger partial charge in [0.1, 0.15) is 10.2 Å². The van der Waals surface area contributed by atoms with E-state index in [9.17, 15) is 0 Å². The average molecular weight is 323 g/mol. The molecule has 0 aliphatic carbocycles. The van der Waals surface area contributed by atoms with Crippen LogP contribution in [-0.2, 0) is 0 Å². The van der Waals surface area contributed by atoms with E-state index in [0.717, 1.165) is 15.6 Å². The first-order chi connectivity index (χ1) is 9.74. The van der Waals surface area contributed by atoms with Crippen molar-refractivity contribution in [3.63, 3.8) is 0 Å². The summed E-state index contributed by atoms with van der Waals surface area (Å²) < 4.78 is 1.72. The van der Waals surface area contributed by atoms with Crippen molar-refractivity contribution in [1.82, 2.24) is 19.7 Å². The highest BCUT2D eigenvalue weighted by molar-refractivity contribution is 7.99. The van der Waals surface area contributed by atoms with Crippen LogP contribution >= 0.6 is 35.0 Å². The van der Waals surface area contributed by atoms with Gasteiger partial charge in [0.2, 0.25) is 0 Å². The molecule has 0 saturated carbocycles. The third kappa shape index (κ3) is 2.80. The van der Waals surface area contributed by atoms with Gasteiger partial charge >= 0.3 is 0 Å². The molecule has 0 aliphatic rings. The van der Waals surface area contributed by atoms with Crippen molar-refractivity contribution in [1.29, 1.82) is 0 Å². The maximum absolute atomic E-state index is 6.43. The van der Waals surface area contributed by atoms with E-state index in [1.165, 1.54) is 18.0 Å². The molecular weight excluding hydrogens is 315 g/mol. The van der Waals surface area contributed by atoms with Gasteiger partial charge in [0.25, 0.3) is 0 Å². The molecule has 0 fully saturated rings. The van der Waals surface area contributed by atoms with Gasteiger partial charge in [-0.1, -0.05) is 41.0 Å². The highest BCUT2D eigenvalue weighted by atomic mass is 35.5. The Bertz CT molecular complexity index is 714. The number of rotatable bonds is 3. The summed E-state index contributed by atoms with van der Waals surface area (Å²) in [5, 5.41) is 5.90. The largest absolute Gasteiger partial charge is 0.245 e. The van der Waals surface area contributed by atoms with Crippen LogP contribution in [-0.4, -0.2) is 19.7 Å². The molecule has 0 aliphatic heterocycles. The molecule has 100 valence electrons. The van der Waals surface area contributed by atoms with Crippen molar-refractivity contribution in [3.8, 4) is 5.69 Å². The van der Waals surface area contributed by atoms with E-state index in [-0.39, 0.29) is 0 Å². The Morgan fingerprint density at radius 3 is 2.65 bits per heavy atom. The van der Waals surface area contributed by atoms with Crippen LogP contribution in [0.4, 0.5) is 0 Å². The van der Waals surface area contributed by atoms with Gasteiger partial charge < -0.3 is 0 Å². The molecular formula is C13H8Cl2N4S. The lowest BCUT2D eigenvalue weighted by molar-refractivity contribution is 0.877. The molecule has 3 aromatic rings. The van der Waals surface area contributed by atoms with Crippen LogP contribution in [0.2, 0.25) is 10.2 Å². The predicted molar refractivity (Wildman–Crippen MR) is 79.7 cm³/mol. The van der Waals surface area contributed by atoms with Crippen LogP contribution in [0, 0.1) is 0 Å². The van der Waals surface area contributed by atoms with E-state index in [0.29, 0.717) is 10.2 Å². The van der Waals surface area contributed by atoms with Crippen molar-refractivity contribution >= 4 is 35.0 Å². The zero-order valence-electron chi connectivity index (χ0n) is 10.1. The second-order valence-corrected chi connectivity index (χ2v) is 5.65. The first-order valence-corrected chi connectivity index (χ1v) is 7.25. The lowest BCUT2D eigenvalue weighted by Crippen LogP contribution is -1.96. The molecule has 20 heavy (non-hydrogen) atoms. The third-order valence-corrected chi connectivity index (χ3v) is 4.19. The van der Waals surface area contributed by atoms with Crippen LogP contribution in [0.15, 0.2) is 59.0 Å². The Balaban J connectivity index is 1.94. The average Bonchev–Trinajstić information content (AvgIpc) is 2.97. The Hall–Kier alpha value is -1.56. The van der Waals surface area contributed by atoms with Gasteiger partial charge in [0.15, 0.2) is 0 Å². The molecule has 1 aromatic carbocycles. The molecule has 0 unspecified atom stereocenters. The predicted octanol–water partition coefficient (Wildman–Crippen LogP) is 4.12. The molecule has 4 nitrogen and oxygen atoms in total. The van der Waals surface area contributed by atoms with Crippen LogP contribution in [0.25, 0.3) is 5.69 Å². The van der Waals surface area contributed by atoms with Crippen molar-refractivity contribution in [3.05, 3.63) is 59.2 Å². The summed E-state index contributed by atoms with van der Waals surface area (Å²) in [6, 6.07) is 7.61. The van der Waals surface area contributed by atoms with E-state index in [1.54, 1.807) is 17.1 Å². The van der Waals surface area contributed by atoms with Gasteiger partial charge in [0.05, 0.1) is 23.1 Å². The minimum absolute atomic E-state index is 0.366. The zero-order chi connectivity index (χ0) is 13.9. The molecule has 2 heterocycles. The summed E-state index contributed by atoms with van der Waals surface area (Å²) >= 11 is 13.6. The Labute approximate surface area is 129 Å². The first-order valence-electron chi connectivity index (χ1n) is 5.68. The second-order valence-electron chi connectivity index (χ2n) is 3.82. The standard InChI is InChI=1S/C13H8Cl2N4S/c14-11-7-17-12(8-16-11)20-10-4-1-3-9(13(10)15)19-6-2-5-18-19/h1-8H. The molecule has 2 aromatic heterocycles. The summed E-state index contributed by atoms with van der Waals surface area (Å²) in [5.41, 5.74) is 0.823. The van der Waals surface area contributed by atoms with Gasteiger partial charge in [-0.3, -0.25) is 0 Å². The van der Waals surface area contributed by atoms with E-state index in [4.69, 9.17) is 23.2 Å². The smallest absolute Gasteiger partial charge is 0.147 e. The minimum Gasteiger partial charge on any atom is -0.245 e. The Kier molecular flexibility index (Phi) is 3.91. The number of nitrogens with zero attached hydrogens (tertiary/aromatic N) is 4. The minimum atomic E-state index is 0.366. The highest BCUT2D eigenvalue weighted by Crippen LogP contribution is 2.35. The fourth-order valence-corrected chi connectivity index (χ4v) is 2.83. The van der Waals surface area contributed by atoms with E-state index < -0.39 is 0 Å². The summed E-state index contributed by atoms with van der Waals surface area (Å²) in [6.07, 6.45) is 6.68. The quantitative estimate of drug-likeness (QED) is 0.727. The van der Waals surface area contributed by atoms with Crippen molar-refractivity contribution in [2.24, 2.45) is 0 Å². The van der Waals surface area contributed by atoms with E-state index >= 15 is 0 Å². The summed E-state index contributed by atoms with van der Waals surface area (Å²) in [7, 11) is 0. The van der Waals surface area contributed by atoms with Crippen LogP contribution in [0.3, 0.4) is 0 Å². The highest BCUT2D eigenvalue weighted by Gasteiger charge is 2.10. The normalized spacial score (nSPS) is 10.7. The Morgan fingerprint density at radius 2 is 1.95 bits per heavy atom. The lowest BCUT2D eigenvalue weighted by Gasteiger charge is -2.08. The molecule has 3 rings (SSSR count). The topological polar surface area (TPSA) is 43.6 Å². The molecule has 0 atom stereocenters. The van der Waals surface area contributed by atoms with Crippen molar-refractivity contribution < 1.29 is 0 Å². The summed E-state index contributed by atoms with van der Waals surface area (Å²) in [5.74, 6) is 0. The number of aromatic nitrogens is 4. The van der Waals surface area contributed by atoms with Gasteiger partial charge in [-0.15, -0.1) is 0 Å². The number of halogens is 2. The van der Waals surface area contributed by atoms with Crippen LogP contribution in [0.5, 0.6) is 0 Å². The fraction of sp³-hybridized carbons (Fsp3) is 0. The molecule has 0 radical (unpaired) electrons. The van der Waals surface area contributed by atoms with Gasteiger partial charge in [-0.05, 0) is 18.2 Å². The fourth-order valence-electron chi connectivity index (χ4n) is 1.63. The molecule has 0 N–H and O–H groups in total. The van der Waals surface area contributed by atoms with Gasteiger partial charge in [-0.2, -0.15) is 5.10 Å². The molecule has 0 saturated heterocycles. The second kappa shape index (κ2) is 5.83. The SMILES string of the molecule is Clc1cnc(Sc2cccc(-n3cccn3)c2Cl)cn1. The summed E-state index contributed by atoms with van der Waals surface area (Å²) in [4.78, 5) is 9.08. The first kappa shape index (κ1) is 13.4. The third-order valence-electron chi connectivity index (χ3n) is 2.51. The monoisotopic (exact) mass is 322 g/mol. The van der Waals surface area contributed by atoms with Crippen molar-refractivity contribution in [2.45, 2.75) is 9.92 Å². The van der Waals surface area contributed by atoms with Gasteiger partial charge in [-0.25, -0.2) is 14.6 Å².